The van der Waals surface area contributed by atoms with Crippen LogP contribution in [0.15, 0.2) is 19.0 Å². The fraction of sp³-hybridized carbons (Fsp3) is 0.500. The molecule has 0 saturated heterocycles. The molecular formula is C10H15N3O3. The summed E-state index contributed by atoms with van der Waals surface area (Å²) < 4.78 is 5.11. The van der Waals surface area contributed by atoms with E-state index in [1.54, 1.807) is 6.08 Å². The van der Waals surface area contributed by atoms with Gasteiger partial charge in [-0.05, 0) is 20.8 Å². The van der Waals surface area contributed by atoms with Crippen molar-refractivity contribution < 1.29 is 14.5 Å². The molecule has 0 amide bonds. The van der Waals surface area contributed by atoms with Crippen LogP contribution >= 0.6 is 0 Å². The van der Waals surface area contributed by atoms with Gasteiger partial charge in [-0.25, -0.2) is 0 Å². The number of hydrogen-bond donors (Lipinski definition) is 0. The van der Waals surface area contributed by atoms with Gasteiger partial charge in [-0.15, -0.1) is 4.98 Å². The Bertz CT molecular complexity index is 349. The molecule has 0 N–H and O–H groups in total. The zero-order valence-electron chi connectivity index (χ0n) is 9.64. The van der Waals surface area contributed by atoms with E-state index in [0.717, 1.165) is 0 Å². The summed E-state index contributed by atoms with van der Waals surface area (Å²) in [6.07, 6.45) is 2.88. The van der Waals surface area contributed by atoms with Gasteiger partial charge in [0.2, 0.25) is 0 Å². The molecule has 0 radical (unpaired) electrons. The lowest BCUT2D eigenvalue weighted by Crippen LogP contribution is -2.22. The predicted octanol–water partition coefficient (Wildman–Crippen LogP) is 1.55. The minimum absolute atomic E-state index is 0.0592. The topological polar surface area (TPSA) is 66.4 Å². The smallest absolute Gasteiger partial charge is 0.359 e. The number of hydrogen-bond acceptors (Lipinski definition) is 6. The molecule has 16 heavy (non-hydrogen) atoms. The van der Waals surface area contributed by atoms with Crippen LogP contribution < -0.4 is 9.62 Å². The summed E-state index contributed by atoms with van der Waals surface area (Å²) in [6.45, 7) is 9.39. The third-order valence-electron chi connectivity index (χ3n) is 1.22. The maximum atomic E-state index is 5.11. The van der Waals surface area contributed by atoms with E-state index in [2.05, 4.69) is 21.5 Å². The highest BCUT2D eigenvalue weighted by atomic mass is 17.2. The molecule has 0 saturated carbocycles. The van der Waals surface area contributed by atoms with Crippen LogP contribution in [0, 0.1) is 0 Å². The van der Waals surface area contributed by atoms with Crippen LogP contribution in [0.3, 0.4) is 0 Å². The van der Waals surface area contributed by atoms with Crippen molar-refractivity contribution >= 4 is 0 Å². The molecule has 1 heterocycles. The highest BCUT2D eigenvalue weighted by Crippen LogP contribution is 2.11. The van der Waals surface area contributed by atoms with Gasteiger partial charge in [0.15, 0.2) is 0 Å². The average Bonchev–Trinajstić information content (AvgIpc) is 2.23. The maximum absolute atomic E-state index is 5.11. The second-order valence-electron chi connectivity index (χ2n) is 3.93. The lowest BCUT2D eigenvalue weighted by Gasteiger charge is -2.16. The third kappa shape index (κ3) is 4.70. The summed E-state index contributed by atoms with van der Waals surface area (Å²) in [6, 6.07) is 0.228. The van der Waals surface area contributed by atoms with Gasteiger partial charge in [-0.3, -0.25) is 4.89 Å². The highest BCUT2D eigenvalue weighted by molar-refractivity contribution is 4.99. The fourth-order valence-corrected chi connectivity index (χ4v) is 0.673. The second-order valence-corrected chi connectivity index (χ2v) is 3.93. The van der Waals surface area contributed by atoms with Gasteiger partial charge >= 0.3 is 12.0 Å². The van der Waals surface area contributed by atoms with Gasteiger partial charge in [-0.2, -0.15) is 14.9 Å². The fourth-order valence-electron chi connectivity index (χ4n) is 0.673. The van der Waals surface area contributed by atoms with Gasteiger partial charge in [0.25, 0.3) is 0 Å². The Kier molecular flexibility index (Phi) is 4.19. The first kappa shape index (κ1) is 12.4. The van der Waals surface area contributed by atoms with E-state index >= 15 is 0 Å². The lowest BCUT2D eigenvalue weighted by atomic mass is 10.2. The Hall–Kier alpha value is -1.69. The molecule has 0 aliphatic carbocycles. The highest BCUT2D eigenvalue weighted by Gasteiger charge is 2.14. The van der Waals surface area contributed by atoms with Crippen molar-refractivity contribution in [2.75, 3.05) is 6.61 Å². The van der Waals surface area contributed by atoms with E-state index in [4.69, 9.17) is 14.5 Å². The molecule has 1 aromatic heterocycles. The van der Waals surface area contributed by atoms with Gasteiger partial charge in [-0.1, -0.05) is 12.7 Å². The molecule has 0 unspecified atom stereocenters. The van der Waals surface area contributed by atoms with E-state index in [0.29, 0.717) is 6.61 Å². The molecule has 0 aliphatic rings. The van der Waals surface area contributed by atoms with Gasteiger partial charge in [0, 0.05) is 0 Å². The van der Waals surface area contributed by atoms with Crippen molar-refractivity contribution in [2.24, 2.45) is 0 Å². The molecule has 0 aliphatic heterocycles. The Labute approximate surface area is 94.2 Å². The first-order valence-corrected chi connectivity index (χ1v) is 4.80. The Balaban J connectivity index is 2.56. The Morgan fingerprint density at radius 1 is 1.31 bits per heavy atom. The summed E-state index contributed by atoms with van der Waals surface area (Å²) in [5, 5.41) is 0. The summed E-state index contributed by atoms with van der Waals surface area (Å²) in [5.41, 5.74) is -0.436. The number of rotatable bonds is 5. The van der Waals surface area contributed by atoms with E-state index in [1.807, 2.05) is 20.8 Å². The average molecular weight is 225 g/mol. The van der Waals surface area contributed by atoms with E-state index in [1.165, 1.54) is 6.33 Å². The first-order chi connectivity index (χ1) is 7.51. The van der Waals surface area contributed by atoms with Crippen LogP contribution in [-0.4, -0.2) is 27.2 Å². The van der Waals surface area contributed by atoms with Crippen molar-refractivity contribution in [3.05, 3.63) is 19.0 Å². The monoisotopic (exact) mass is 225 g/mol. The van der Waals surface area contributed by atoms with Crippen LogP contribution in [-0.2, 0) is 4.89 Å². The Morgan fingerprint density at radius 3 is 2.62 bits per heavy atom. The van der Waals surface area contributed by atoms with Gasteiger partial charge in [0.1, 0.15) is 18.5 Å². The van der Waals surface area contributed by atoms with E-state index in [-0.39, 0.29) is 12.0 Å². The number of nitrogens with zero attached hydrogens (tertiary/aromatic N) is 3. The SMILES string of the molecule is C=CCOc1ncnc(OOC(C)(C)C)n1. The van der Waals surface area contributed by atoms with E-state index in [9.17, 15) is 0 Å². The van der Waals surface area contributed by atoms with Crippen LogP contribution in [0.1, 0.15) is 20.8 Å². The lowest BCUT2D eigenvalue weighted by molar-refractivity contribution is -0.279. The Morgan fingerprint density at radius 2 is 2.00 bits per heavy atom. The quantitative estimate of drug-likeness (QED) is 0.430. The molecule has 0 aromatic carbocycles. The summed E-state index contributed by atoms with van der Waals surface area (Å²) in [5.74, 6) is 0. The van der Waals surface area contributed by atoms with Crippen molar-refractivity contribution in [1.82, 2.24) is 15.0 Å². The molecule has 6 heteroatoms. The summed E-state index contributed by atoms with van der Waals surface area (Å²) in [7, 11) is 0. The predicted molar refractivity (Wildman–Crippen MR) is 57.0 cm³/mol. The van der Waals surface area contributed by atoms with Crippen molar-refractivity contribution in [1.29, 1.82) is 0 Å². The molecule has 0 atom stereocenters. The molecule has 1 rings (SSSR count). The molecule has 0 spiro atoms. The molecule has 6 nitrogen and oxygen atoms in total. The van der Waals surface area contributed by atoms with Crippen LogP contribution in [0.4, 0.5) is 0 Å². The van der Waals surface area contributed by atoms with E-state index < -0.39 is 5.60 Å². The standard InChI is InChI=1S/C10H15N3O3/c1-5-6-14-8-11-7-12-9(13-8)15-16-10(2,3)4/h5,7H,1,6H2,2-4H3. The minimum Gasteiger partial charge on any atom is -0.459 e. The van der Waals surface area contributed by atoms with Crippen LogP contribution in [0.25, 0.3) is 0 Å². The number of aromatic nitrogens is 3. The molecule has 0 fully saturated rings. The zero-order chi connectivity index (χ0) is 12.0. The normalized spacial score (nSPS) is 10.9. The van der Waals surface area contributed by atoms with Crippen molar-refractivity contribution in [3.63, 3.8) is 0 Å². The molecule has 88 valence electrons. The van der Waals surface area contributed by atoms with Crippen LogP contribution in [0.5, 0.6) is 12.0 Å². The van der Waals surface area contributed by atoms with Gasteiger partial charge in [0.05, 0.1) is 0 Å². The van der Waals surface area contributed by atoms with Crippen molar-refractivity contribution in [3.8, 4) is 12.0 Å². The molecule has 0 bridgehead atoms. The third-order valence-corrected chi connectivity index (χ3v) is 1.22. The van der Waals surface area contributed by atoms with Crippen LogP contribution in [0.2, 0.25) is 0 Å². The maximum Gasteiger partial charge on any atom is 0.359 e. The summed E-state index contributed by atoms with van der Waals surface area (Å²) >= 11 is 0. The number of ether oxygens (including phenoxy) is 1. The molecule has 1 aromatic rings. The van der Waals surface area contributed by atoms with Crippen molar-refractivity contribution in [2.45, 2.75) is 26.4 Å². The second kappa shape index (κ2) is 5.41. The minimum atomic E-state index is -0.436. The largest absolute Gasteiger partial charge is 0.459 e. The van der Waals surface area contributed by atoms with Gasteiger partial charge < -0.3 is 4.74 Å². The first-order valence-electron chi connectivity index (χ1n) is 4.80. The molecular weight excluding hydrogens is 210 g/mol. The summed E-state index contributed by atoms with van der Waals surface area (Å²) in [4.78, 5) is 21.4. The zero-order valence-corrected chi connectivity index (χ0v) is 9.64.